The van der Waals surface area contributed by atoms with Gasteiger partial charge in [-0.1, -0.05) is 0 Å². The Balaban J connectivity index is 1.81. The molecule has 4 nitrogen and oxygen atoms in total. The lowest BCUT2D eigenvalue weighted by Gasteiger charge is -2.40. The van der Waals surface area contributed by atoms with Gasteiger partial charge in [0.25, 0.3) is 0 Å². The standard InChI is InChI=1S/C13H28N2O2/c1-16-12-11-15-9-4-8-14-10-7-13(17-2)5-3-6-13/h14-15H,3-12H2,1-2H3. The van der Waals surface area contributed by atoms with Gasteiger partial charge in [0.2, 0.25) is 0 Å². The van der Waals surface area contributed by atoms with E-state index in [1.165, 1.54) is 25.7 Å². The van der Waals surface area contributed by atoms with Gasteiger partial charge in [-0.3, -0.25) is 0 Å². The van der Waals surface area contributed by atoms with E-state index in [0.29, 0.717) is 0 Å². The number of ether oxygens (including phenoxy) is 2. The van der Waals surface area contributed by atoms with Gasteiger partial charge in [0, 0.05) is 20.8 Å². The summed E-state index contributed by atoms with van der Waals surface area (Å²) in [5.74, 6) is 0. The third-order valence-electron chi connectivity index (χ3n) is 3.65. The number of methoxy groups -OCH3 is 2. The van der Waals surface area contributed by atoms with E-state index in [0.717, 1.165) is 39.2 Å². The molecule has 0 aromatic heterocycles. The molecule has 0 heterocycles. The van der Waals surface area contributed by atoms with Crippen LogP contribution in [0.15, 0.2) is 0 Å². The second-order valence-electron chi connectivity index (χ2n) is 4.84. The van der Waals surface area contributed by atoms with E-state index in [1.807, 2.05) is 7.11 Å². The van der Waals surface area contributed by atoms with E-state index in [9.17, 15) is 0 Å². The molecule has 0 atom stereocenters. The topological polar surface area (TPSA) is 42.5 Å². The molecular formula is C13H28N2O2. The van der Waals surface area contributed by atoms with Crippen molar-refractivity contribution in [3.05, 3.63) is 0 Å². The monoisotopic (exact) mass is 244 g/mol. The van der Waals surface area contributed by atoms with E-state index in [4.69, 9.17) is 9.47 Å². The molecule has 0 unspecified atom stereocenters. The molecule has 17 heavy (non-hydrogen) atoms. The zero-order valence-corrected chi connectivity index (χ0v) is 11.4. The van der Waals surface area contributed by atoms with Crippen LogP contribution in [0, 0.1) is 0 Å². The highest BCUT2D eigenvalue weighted by molar-refractivity contribution is 4.89. The van der Waals surface area contributed by atoms with E-state index in [1.54, 1.807) is 7.11 Å². The highest BCUT2D eigenvalue weighted by atomic mass is 16.5. The van der Waals surface area contributed by atoms with Crippen molar-refractivity contribution < 1.29 is 9.47 Å². The fraction of sp³-hybridized carbons (Fsp3) is 1.00. The molecule has 0 saturated heterocycles. The normalized spacial score (nSPS) is 18.0. The van der Waals surface area contributed by atoms with E-state index < -0.39 is 0 Å². The lowest BCUT2D eigenvalue weighted by atomic mass is 9.77. The summed E-state index contributed by atoms with van der Waals surface area (Å²) in [4.78, 5) is 0. The largest absolute Gasteiger partial charge is 0.383 e. The summed E-state index contributed by atoms with van der Waals surface area (Å²) < 4.78 is 10.5. The number of nitrogens with one attached hydrogen (secondary N) is 2. The van der Waals surface area contributed by atoms with Crippen LogP contribution >= 0.6 is 0 Å². The molecule has 2 N–H and O–H groups in total. The van der Waals surface area contributed by atoms with Crippen LogP contribution in [-0.2, 0) is 9.47 Å². The van der Waals surface area contributed by atoms with Gasteiger partial charge >= 0.3 is 0 Å². The van der Waals surface area contributed by atoms with Gasteiger partial charge in [-0.25, -0.2) is 0 Å². The molecule has 0 amide bonds. The molecule has 1 rings (SSSR count). The average molecular weight is 244 g/mol. The van der Waals surface area contributed by atoms with Gasteiger partial charge in [-0.2, -0.15) is 0 Å². The van der Waals surface area contributed by atoms with Crippen molar-refractivity contribution in [1.29, 1.82) is 0 Å². The molecule has 0 aromatic rings. The van der Waals surface area contributed by atoms with Crippen LogP contribution < -0.4 is 10.6 Å². The molecule has 0 spiro atoms. The summed E-state index contributed by atoms with van der Waals surface area (Å²) in [5, 5.41) is 6.82. The maximum absolute atomic E-state index is 5.58. The van der Waals surface area contributed by atoms with E-state index in [2.05, 4.69) is 10.6 Å². The molecule has 0 bridgehead atoms. The van der Waals surface area contributed by atoms with Crippen LogP contribution in [0.3, 0.4) is 0 Å². The Kier molecular flexibility index (Phi) is 7.77. The minimum absolute atomic E-state index is 0.212. The Hall–Kier alpha value is -0.160. The van der Waals surface area contributed by atoms with Crippen molar-refractivity contribution >= 4 is 0 Å². The van der Waals surface area contributed by atoms with Crippen molar-refractivity contribution in [3.63, 3.8) is 0 Å². The zero-order valence-electron chi connectivity index (χ0n) is 11.4. The maximum Gasteiger partial charge on any atom is 0.0690 e. The highest BCUT2D eigenvalue weighted by Gasteiger charge is 2.35. The van der Waals surface area contributed by atoms with Gasteiger partial charge in [0.1, 0.15) is 0 Å². The molecular weight excluding hydrogens is 216 g/mol. The van der Waals surface area contributed by atoms with Crippen molar-refractivity contribution in [2.45, 2.75) is 37.7 Å². The number of rotatable bonds is 11. The van der Waals surface area contributed by atoms with Crippen LogP contribution in [0.5, 0.6) is 0 Å². The Morgan fingerprint density at radius 3 is 2.24 bits per heavy atom. The SMILES string of the molecule is COCCNCCCNCCC1(OC)CCC1. The predicted octanol–water partition coefficient (Wildman–Crippen LogP) is 1.16. The van der Waals surface area contributed by atoms with Crippen LogP contribution in [0.2, 0.25) is 0 Å². The van der Waals surface area contributed by atoms with Crippen molar-refractivity contribution in [1.82, 2.24) is 10.6 Å². The summed E-state index contributed by atoms with van der Waals surface area (Å²) in [6.45, 7) is 4.96. The van der Waals surface area contributed by atoms with Crippen LogP contribution in [0.1, 0.15) is 32.1 Å². The summed E-state index contributed by atoms with van der Waals surface area (Å²) in [6, 6.07) is 0. The van der Waals surface area contributed by atoms with Gasteiger partial charge in [-0.15, -0.1) is 0 Å². The molecule has 102 valence electrons. The van der Waals surface area contributed by atoms with E-state index >= 15 is 0 Å². The Bertz CT molecular complexity index is 179. The third-order valence-corrected chi connectivity index (χ3v) is 3.65. The van der Waals surface area contributed by atoms with Crippen molar-refractivity contribution in [2.75, 3.05) is 47.0 Å². The quantitative estimate of drug-likeness (QED) is 0.535. The Labute approximate surface area is 105 Å². The van der Waals surface area contributed by atoms with E-state index in [-0.39, 0.29) is 5.60 Å². The second-order valence-corrected chi connectivity index (χ2v) is 4.84. The number of hydrogen-bond donors (Lipinski definition) is 2. The maximum atomic E-state index is 5.58. The van der Waals surface area contributed by atoms with Crippen molar-refractivity contribution in [3.8, 4) is 0 Å². The average Bonchev–Trinajstić information content (AvgIpc) is 2.30. The first-order valence-corrected chi connectivity index (χ1v) is 6.78. The highest BCUT2D eigenvalue weighted by Crippen LogP contribution is 2.37. The summed E-state index contributed by atoms with van der Waals surface area (Å²) in [6.07, 6.45) is 6.13. The smallest absolute Gasteiger partial charge is 0.0690 e. The molecule has 1 saturated carbocycles. The first kappa shape index (κ1) is 14.9. The fourth-order valence-electron chi connectivity index (χ4n) is 2.21. The van der Waals surface area contributed by atoms with Crippen LogP contribution in [-0.4, -0.2) is 52.6 Å². The summed E-state index contributed by atoms with van der Waals surface area (Å²) in [7, 11) is 3.58. The van der Waals surface area contributed by atoms with Crippen molar-refractivity contribution in [2.24, 2.45) is 0 Å². The minimum Gasteiger partial charge on any atom is -0.383 e. The molecule has 4 heteroatoms. The van der Waals surface area contributed by atoms with Gasteiger partial charge < -0.3 is 20.1 Å². The molecule has 1 fully saturated rings. The van der Waals surface area contributed by atoms with Gasteiger partial charge in [-0.05, 0) is 51.7 Å². The third kappa shape index (κ3) is 5.82. The first-order chi connectivity index (χ1) is 8.33. The van der Waals surface area contributed by atoms with Gasteiger partial charge in [0.15, 0.2) is 0 Å². The molecule has 0 aliphatic heterocycles. The van der Waals surface area contributed by atoms with Gasteiger partial charge in [0.05, 0.1) is 12.2 Å². The lowest BCUT2D eigenvalue weighted by Crippen LogP contribution is -2.41. The second kappa shape index (κ2) is 8.86. The molecule has 1 aliphatic rings. The molecule has 0 radical (unpaired) electrons. The first-order valence-electron chi connectivity index (χ1n) is 6.78. The fourth-order valence-corrected chi connectivity index (χ4v) is 2.21. The molecule has 1 aliphatic carbocycles. The zero-order chi connectivity index (χ0) is 12.4. The summed E-state index contributed by atoms with van der Waals surface area (Å²) in [5.41, 5.74) is 0.212. The Morgan fingerprint density at radius 2 is 1.71 bits per heavy atom. The number of hydrogen-bond acceptors (Lipinski definition) is 4. The molecule has 0 aromatic carbocycles. The predicted molar refractivity (Wildman–Crippen MR) is 70.4 cm³/mol. The summed E-state index contributed by atoms with van der Waals surface area (Å²) >= 11 is 0. The van der Waals surface area contributed by atoms with Crippen LogP contribution in [0.4, 0.5) is 0 Å². The van der Waals surface area contributed by atoms with Crippen LogP contribution in [0.25, 0.3) is 0 Å². The minimum atomic E-state index is 0.212. The Morgan fingerprint density at radius 1 is 1.00 bits per heavy atom. The lowest BCUT2D eigenvalue weighted by molar-refractivity contribution is -0.0767.